The first-order chi connectivity index (χ1) is 13.9. The Kier molecular flexibility index (Phi) is 6.82. The molecule has 1 fully saturated rings. The van der Waals surface area contributed by atoms with Crippen LogP contribution in [0.1, 0.15) is 18.1 Å². The number of amides is 1. The molecule has 1 aliphatic rings. The maximum atomic E-state index is 13.1. The summed E-state index contributed by atoms with van der Waals surface area (Å²) in [6.45, 7) is 2.50. The van der Waals surface area contributed by atoms with Gasteiger partial charge in [0.1, 0.15) is 12.4 Å². The van der Waals surface area contributed by atoms with Crippen LogP contribution in [0, 0.1) is 5.82 Å². The van der Waals surface area contributed by atoms with E-state index in [1.54, 1.807) is 44.4 Å². The third-order valence-corrected chi connectivity index (χ3v) is 5.55. The lowest BCUT2D eigenvalue weighted by Gasteiger charge is -2.15. The van der Waals surface area contributed by atoms with Gasteiger partial charge in [-0.05, 0) is 60.2 Å². The summed E-state index contributed by atoms with van der Waals surface area (Å²) in [4.78, 5) is 18.5. The average molecular weight is 435 g/mol. The highest BCUT2D eigenvalue weighted by Crippen LogP contribution is 2.39. The second kappa shape index (κ2) is 9.33. The molecule has 0 unspecified atom stereocenters. The Balaban J connectivity index is 1.87. The van der Waals surface area contributed by atoms with Crippen LogP contribution in [-0.2, 0) is 11.4 Å². The van der Waals surface area contributed by atoms with Crippen LogP contribution < -0.4 is 9.47 Å². The molecule has 3 rings (SSSR count). The lowest BCUT2D eigenvalue weighted by atomic mass is 10.1. The summed E-state index contributed by atoms with van der Waals surface area (Å²) in [6.07, 6.45) is 1.75. The zero-order chi connectivity index (χ0) is 21.0. The molecule has 29 heavy (non-hydrogen) atoms. The SMILES string of the molecule is CCOc1cc(/C=C2\SC(=NC)N(C)C2=O)cc(Cl)c1OCc1ccc(F)cc1. The second-order valence-electron chi connectivity index (χ2n) is 6.16. The van der Waals surface area contributed by atoms with Crippen molar-refractivity contribution in [2.24, 2.45) is 4.99 Å². The predicted octanol–water partition coefficient (Wildman–Crippen LogP) is 4.99. The first kappa shape index (κ1) is 21.2. The smallest absolute Gasteiger partial charge is 0.266 e. The van der Waals surface area contributed by atoms with Gasteiger partial charge in [0.15, 0.2) is 16.7 Å². The number of carbonyl (C=O) groups is 1. The van der Waals surface area contributed by atoms with Crippen LogP contribution in [-0.4, -0.2) is 36.7 Å². The standard InChI is InChI=1S/C21H20ClFN2O3S/c1-4-27-17-10-14(11-18-20(26)25(3)21(24-2)29-18)9-16(22)19(17)28-12-13-5-7-15(23)8-6-13/h5-11H,4,12H2,1-3H3/b18-11-,24-21?. The zero-order valence-corrected chi connectivity index (χ0v) is 17.8. The van der Waals surface area contributed by atoms with Crippen molar-refractivity contribution in [3.05, 3.63) is 63.3 Å². The maximum Gasteiger partial charge on any atom is 0.266 e. The predicted molar refractivity (Wildman–Crippen MR) is 115 cm³/mol. The van der Waals surface area contributed by atoms with Crippen molar-refractivity contribution in [3.8, 4) is 11.5 Å². The van der Waals surface area contributed by atoms with Crippen molar-refractivity contribution < 1.29 is 18.7 Å². The molecule has 1 saturated heterocycles. The number of ether oxygens (including phenoxy) is 2. The maximum absolute atomic E-state index is 13.1. The van der Waals surface area contributed by atoms with Crippen molar-refractivity contribution in [3.63, 3.8) is 0 Å². The van der Waals surface area contributed by atoms with Gasteiger partial charge in [0.25, 0.3) is 5.91 Å². The Labute approximate surface area is 178 Å². The third-order valence-electron chi connectivity index (χ3n) is 4.12. The van der Waals surface area contributed by atoms with E-state index in [0.29, 0.717) is 38.8 Å². The molecule has 1 amide bonds. The highest BCUT2D eigenvalue weighted by atomic mass is 35.5. The monoisotopic (exact) mass is 434 g/mol. The van der Waals surface area contributed by atoms with Crippen LogP contribution in [0.15, 0.2) is 46.3 Å². The molecule has 5 nitrogen and oxygen atoms in total. The molecule has 152 valence electrons. The molecule has 0 aliphatic carbocycles. The number of thioether (sulfide) groups is 1. The molecule has 2 aromatic carbocycles. The highest BCUT2D eigenvalue weighted by molar-refractivity contribution is 8.18. The van der Waals surface area contributed by atoms with Gasteiger partial charge in [-0.2, -0.15) is 0 Å². The molecule has 1 aliphatic heterocycles. The number of carbonyl (C=O) groups excluding carboxylic acids is 1. The van der Waals surface area contributed by atoms with Gasteiger partial charge in [0.05, 0.1) is 16.5 Å². The average Bonchev–Trinajstić information content (AvgIpc) is 2.97. The summed E-state index contributed by atoms with van der Waals surface area (Å²) in [5.74, 6) is 0.446. The minimum atomic E-state index is -0.305. The minimum absolute atomic E-state index is 0.124. The summed E-state index contributed by atoms with van der Waals surface area (Å²) in [6, 6.07) is 9.53. The van der Waals surface area contributed by atoms with Crippen LogP contribution in [0.4, 0.5) is 4.39 Å². The molecule has 0 spiro atoms. The van der Waals surface area contributed by atoms with E-state index in [-0.39, 0.29) is 18.3 Å². The first-order valence-corrected chi connectivity index (χ1v) is 10.1. The van der Waals surface area contributed by atoms with E-state index in [0.717, 1.165) is 5.56 Å². The van der Waals surface area contributed by atoms with Crippen molar-refractivity contribution in [2.45, 2.75) is 13.5 Å². The third kappa shape index (κ3) is 4.92. The minimum Gasteiger partial charge on any atom is -0.490 e. The fourth-order valence-corrected chi connectivity index (χ4v) is 3.91. The summed E-state index contributed by atoms with van der Waals surface area (Å²) in [5, 5.41) is 0.995. The number of likely N-dealkylation sites (N-methyl/N-ethyl adjacent to an activating group) is 1. The molecule has 0 saturated carbocycles. The van der Waals surface area contributed by atoms with Gasteiger partial charge in [-0.3, -0.25) is 14.7 Å². The Hall–Kier alpha value is -2.51. The summed E-state index contributed by atoms with van der Waals surface area (Å²) >= 11 is 7.75. The largest absolute Gasteiger partial charge is 0.490 e. The summed E-state index contributed by atoms with van der Waals surface area (Å²) < 4.78 is 24.6. The molecule has 1 heterocycles. The van der Waals surface area contributed by atoms with Crippen molar-refractivity contribution >= 4 is 40.5 Å². The van der Waals surface area contributed by atoms with E-state index < -0.39 is 0 Å². The molecule has 2 aromatic rings. The summed E-state index contributed by atoms with van der Waals surface area (Å²) in [5.41, 5.74) is 1.52. The van der Waals surface area contributed by atoms with Crippen molar-refractivity contribution in [1.82, 2.24) is 4.90 Å². The Bertz CT molecular complexity index is 977. The van der Waals surface area contributed by atoms with E-state index in [1.807, 2.05) is 6.92 Å². The number of amidine groups is 1. The number of hydrogen-bond donors (Lipinski definition) is 0. The molecule has 0 aromatic heterocycles. The lowest BCUT2D eigenvalue weighted by Crippen LogP contribution is -2.23. The van der Waals surface area contributed by atoms with Crippen molar-refractivity contribution in [2.75, 3.05) is 20.7 Å². The normalized spacial score (nSPS) is 16.7. The fourth-order valence-electron chi connectivity index (χ4n) is 2.71. The topological polar surface area (TPSA) is 51.1 Å². The van der Waals surface area contributed by atoms with Crippen LogP contribution in [0.25, 0.3) is 6.08 Å². The highest BCUT2D eigenvalue weighted by Gasteiger charge is 2.29. The molecule has 8 heteroatoms. The Morgan fingerprint density at radius 1 is 1.24 bits per heavy atom. The van der Waals surface area contributed by atoms with Gasteiger partial charge in [-0.1, -0.05) is 23.7 Å². The Morgan fingerprint density at radius 2 is 1.97 bits per heavy atom. The van der Waals surface area contributed by atoms with Crippen LogP contribution in [0.3, 0.4) is 0 Å². The number of rotatable bonds is 6. The van der Waals surface area contributed by atoms with E-state index in [9.17, 15) is 9.18 Å². The van der Waals surface area contributed by atoms with Crippen LogP contribution in [0.2, 0.25) is 5.02 Å². The van der Waals surface area contributed by atoms with E-state index >= 15 is 0 Å². The van der Waals surface area contributed by atoms with Crippen molar-refractivity contribution in [1.29, 1.82) is 0 Å². The van der Waals surface area contributed by atoms with Crippen LogP contribution >= 0.6 is 23.4 Å². The first-order valence-electron chi connectivity index (χ1n) is 8.91. The zero-order valence-electron chi connectivity index (χ0n) is 16.2. The number of aliphatic imine (C=N–C) groups is 1. The number of hydrogen-bond acceptors (Lipinski definition) is 5. The van der Waals surface area contributed by atoms with Gasteiger partial charge >= 0.3 is 0 Å². The van der Waals surface area contributed by atoms with E-state index in [1.165, 1.54) is 28.8 Å². The molecule has 0 atom stereocenters. The van der Waals surface area contributed by atoms with Gasteiger partial charge in [0.2, 0.25) is 0 Å². The summed E-state index contributed by atoms with van der Waals surface area (Å²) in [7, 11) is 3.33. The number of halogens is 2. The molecular formula is C21H20ClFN2O3S. The Morgan fingerprint density at radius 3 is 2.59 bits per heavy atom. The number of nitrogens with zero attached hydrogens (tertiary/aromatic N) is 2. The molecule has 0 bridgehead atoms. The molecule has 0 N–H and O–H groups in total. The lowest BCUT2D eigenvalue weighted by molar-refractivity contribution is -0.121. The number of benzene rings is 2. The quantitative estimate of drug-likeness (QED) is 0.601. The van der Waals surface area contributed by atoms with Gasteiger partial charge in [0, 0.05) is 14.1 Å². The van der Waals surface area contributed by atoms with E-state index in [4.69, 9.17) is 21.1 Å². The van der Waals surface area contributed by atoms with Gasteiger partial charge in [-0.25, -0.2) is 4.39 Å². The second-order valence-corrected chi connectivity index (χ2v) is 7.58. The molecular weight excluding hydrogens is 415 g/mol. The van der Waals surface area contributed by atoms with Gasteiger partial charge < -0.3 is 9.47 Å². The van der Waals surface area contributed by atoms with Gasteiger partial charge in [-0.15, -0.1) is 0 Å². The molecule has 0 radical (unpaired) electrons. The van der Waals surface area contributed by atoms with E-state index in [2.05, 4.69) is 4.99 Å². The fraction of sp³-hybridized carbons (Fsp3) is 0.238. The van der Waals surface area contributed by atoms with Crippen LogP contribution in [0.5, 0.6) is 11.5 Å².